The minimum absolute atomic E-state index is 0.878. The molecule has 1 unspecified atom stereocenters. The number of hydrogen-bond acceptors (Lipinski definition) is 3. The van der Waals surface area contributed by atoms with Gasteiger partial charge in [0.05, 0.1) is 0 Å². The first-order valence-corrected chi connectivity index (χ1v) is 10.1. The van der Waals surface area contributed by atoms with Crippen molar-refractivity contribution in [2.24, 2.45) is 0 Å². The van der Waals surface area contributed by atoms with Crippen LogP contribution < -0.4 is 4.67 Å². The van der Waals surface area contributed by atoms with E-state index in [4.69, 9.17) is 8.39 Å². The Hall–Kier alpha value is -2.74. The topological polar surface area (TPSA) is 29.5 Å². The van der Waals surface area contributed by atoms with E-state index >= 15 is 0 Å². The first kappa shape index (κ1) is 16.4. The number of rotatable bonds is 1. The molecule has 0 N–H and O–H groups in total. The molecule has 3 nitrogen and oxygen atoms in total. The van der Waals surface area contributed by atoms with Crippen molar-refractivity contribution >= 4 is 51.6 Å². The van der Waals surface area contributed by atoms with E-state index in [0.717, 1.165) is 27.5 Å². The smallest absolute Gasteiger partial charge is 0.309 e. The molecule has 0 radical (unpaired) electrons. The largest absolute Gasteiger partial charge is 0.408 e. The second-order valence-corrected chi connectivity index (χ2v) is 8.69. The van der Waals surface area contributed by atoms with Crippen LogP contribution >= 0.6 is 8.16 Å². The molecule has 0 saturated carbocycles. The first-order valence-electron chi connectivity index (χ1n) is 9.01. The summed E-state index contributed by atoms with van der Waals surface area (Å²) >= 11 is 0. The van der Waals surface area contributed by atoms with Gasteiger partial charge >= 0.3 is 8.16 Å². The van der Waals surface area contributed by atoms with E-state index in [1.54, 1.807) is 0 Å². The maximum atomic E-state index is 6.46. The highest BCUT2D eigenvalue weighted by Gasteiger charge is 2.15. The fourth-order valence-electron chi connectivity index (χ4n) is 3.76. The van der Waals surface area contributed by atoms with Crippen molar-refractivity contribution in [3.63, 3.8) is 0 Å². The zero-order valence-electron chi connectivity index (χ0n) is 15.6. The summed E-state index contributed by atoms with van der Waals surface area (Å²) in [4.78, 5) is 0. The first-order chi connectivity index (χ1) is 13.1. The van der Waals surface area contributed by atoms with Gasteiger partial charge in [0.2, 0.25) is 0 Å². The Labute approximate surface area is 158 Å². The highest BCUT2D eigenvalue weighted by molar-refractivity contribution is 7.38. The van der Waals surface area contributed by atoms with Gasteiger partial charge in [-0.15, -0.1) is 0 Å². The lowest BCUT2D eigenvalue weighted by molar-refractivity contribution is 0.633. The molecule has 4 aromatic carbocycles. The van der Waals surface area contributed by atoms with Crippen LogP contribution in [-0.4, -0.2) is 14.1 Å². The van der Waals surface area contributed by atoms with Gasteiger partial charge in [0.15, 0.2) is 0 Å². The predicted octanol–water partition coefficient (Wildman–Crippen LogP) is 7.10. The standard InChI is InChI=1S/C23H20NO2P/c1-15-14-17-9-5-7-11-19(17)22-21-18-10-6-4-8-16(18)12-13-20(21)25-27(24(2)3)26-23(15)22/h4-14H,1-3H3. The van der Waals surface area contributed by atoms with Crippen LogP contribution in [0.2, 0.25) is 0 Å². The van der Waals surface area contributed by atoms with Crippen LogP contribution in [-0.2, 0) is 0 Å². The van der Waals surface area contributed by atoms with E-state index in [0.29, 0.717) is 0 Å². The van der Waals surface area contributed by atoms with Gasteiger partial charge in [-0.05, 0) is 46.2 Å². The maximum Gasteiger partial charge on any atom is 0.309 e. The molecular weight excluding hydrogens is 353 g/mol. The molecule has 0 spiro atoms. The van der Waals surface area contributed by atoms with E-state index in [1.165, 1.54) is 21.5 Å². The summed E-state index contributed by atoms with van der Waals surface area (Å²) in [5, 5.41) is 7.04. The van der Waals surface area contributed by atoms with Crippen LogP contribution in [0.15, 0.2) is 75.1 Å². The molecule has 134 valence electrons. The molecule has 27 heavy (non-hydrogen) atoms. The average molecular weight is 373 g/mol. The summed E-state index contributed by atoms with van der Waals surface area (Å²) in [7, 11) is 2.76. The third-order valence-corrected chi connectivity index (χ3v) is 6.35. The minimum Gasteiger partial charge on any atom is -0.408 e. The minimum atomic E-state index is -1.22. The maximum absolute atomic E-state index is 6.46. The van der Waals surface area contributed by atoms with Crippen LogP contribution in [0.25, 0.3) is 43.5 Å². The van der Waals surface area contributed by atoms with Crippen molar-refractivity contribution in [3.8, 4) is 0 Å². The molecule has 0 fully saturated rings. The SMILES string of the molecule is Cc1cc2ccccc2c2c1op(N(C)C)oc1ccc3ccccc3c12. The van der Waals surface area contributed by atoms with Crippen LogP contribution in [0.5, 0.6) is 0 Å². The Bertz CT molecular complexity index is 1370. The Morgan fingerprint density at radius 2 is 1.41 bits per heavy atom. The van der Waals surface area contributed by atoms with Crippen molar-refractivity contribution in [1.29, 1.82) is 0 Å². The molecule has 0 aliphatic heterocycles. The average Bonchev–Trinajstić information content (AvgIpc) is 2.86. The Balaban J connectivity index is 2.21. The Morgan fingerprint density at radius 3 is 2.15 bits per heavy atom. The molecule has 0 saturated heterocycles. The Kier molecular flexibility index (Phi) is 3.75. The van der Waals surface area contributed by atoms with Gasteiger partial charge in [-0.2, -0.15) is 0 Å². The lowest BCUT2D eigenvalue weighted by atomic mass is 9.97. The number of benzene rings is 4. The van der Waals surface area contributed by atoms with Crippen LogP contribution in [0.1, 0.15) is 5.56 Å². The van der Waals surface area contributed by atoms with Crippen molar-refractivity contribution in [3.05, 3.63) is 72.3 Å². The molecule has 0 amide bonds. The van der Waals surface area contributed by atoms with Crippen LogP contribution in [0.3, 0.4) is 0 Å². The summed E-state index contributed by atoms with van der Waals surface area (Å²) in [6.07, 6.45) is 0. The molecule has 5 aromatic rings. The van der Waals surface area contributed by atoms with Crippen molar-refractivity contribution in [1.82, 2.24) is 0 Å². The fourth-order valence-corrected chi connectivity index (χ4v) is 4.84. The zero-order chi connectivity index (χ0) is 18.5. The predicted molar refractivity (Wildman–Crippen MR) is 116 cm³/mol. The van der Waals surface area contributed by atoms with Gasteiger partial charge in [0, 0.05) is 24.9 Å². The summed E-state index contributed by atoms with van der Waals surface area (Å²) in [5.41, 5.74) is 2.93. The molecule has 0 bridgehead atoms. The van der Waals surface area contributed by atoms with Crippen molar-refractivity contribution in [2.75, 3.05) is 18.8 Å². The van der Waals surface area contributed by atoms with Crippen molar-refractivity contribution < 1.29 is 8.39 Å². The summed E-state index contributed by atoms with van der Waals surface area (Å²) in [5.74, 6) is 0. The van der Waals surface area contributed by atoms with Crippen LogP contribution in [0, 0.1) is 6.92 Å². The monoisotopic (exact) mass is 373 g/mol. The van der Waals surface area contributed by atoms with Gasteiger partial charge in [-0.25, -0.2) is 4.67 Å². The number of hydrogen-bond donors (Lipinski definition) is 0. The van der Waals surface area contributed by atoms with E-state index in [-0.39, 0.29) is 0 Å². The molecule has 1 heterocycles. The lowest BCUT2D eigenvalue weighted by Gasteiger charge is -2.07. The Morgan fingerprint density at radius 1 is 0.741 bits per heavy atom. The highest BCUT2D eigenvalue weighted by atomic mass is 31.1. The lowest BCUT2D eigenvalue weighted by Crippen LogP contribution is -2.02. The summed E-state index contributed by atoms with van der Waals surface area (Å²) in [6.45, 7) is 2.12. The van der Waals surface area contributed by atoms with Gasteiger partial charge in [0.25, 0.3) is 0 Å². The molecule has 1 atom stereocenters. The molecule has 1 aromatic heterocycles. The highest BCUT2D eigenvalue weighted by Crippen LogP contribution is 2.42. The van der Waals surface area contributed by atoms with E-state index < -0.39 is 8.16 Å². The van der Waals surface area contributed by atoms with E-state index in [9.17, 15) is 0 Å². The third-order valence-electron chi connectivity index (χ3n) is 5.00. The third kappa shape index (κ3) is 2.55. The van der Waals surface area contributed by atoms with Gasteiger partial charge < -0.3 is 8.39 Å². The fraction of sp³-hybridized carbons (Fsp3) is 0.130. The second-order valence-electron chi connectivity index (χ2n) is 7.05. The number of aryl methyl sites for hydroxylation is 1. The van der Waals surface area contributed by atoms with Gasteiger partial charge in [-0.1, -0.05) is 54.6 Å². The van der Waals surface area contributed by atoms with Gasteiger partial charge in [-0.3, -0.25) is 0 Å². The second kappa shape index (κ2) is 6.16. The number of nitrogens with zero attached hydrogens (tertiary/aromatic N) is 1. The number of fused-ring (bicyclic) bond motifs is 7. The molecule has 4 heteroatoms. The molecule has 0 aliphatic carbocycles. The van der Waals surface area contributed by atoms with Crippen LogP contribution in [0.4, 0.5) is 0 Å². The normalized spacial score (nSPS) is 12.5. The molecule has 0 aliphatic rings. The van der Waals surface area contributed by atoms with E-state index in [2.05, 4.69) is 73.7 Å². The van der Waals surface area contributed by atoms with Crippen molar-refractivity contribution in [2.45, 2.75) is 6.92 Å². The molecule has 5 rings (SSSR count). The van der Waals surface area contributed by atoms with E-state index in [1.807, 2.05) is 18.8 Å². The zero-order valence-corrected chi connectivity index (χ0v) is 16.5. The van der Waals surface area contributed by atoms with Gasteiger partial charge in [0.1, 0.15) is 11.2 Å². The molecular formula is C23H20NO2P. The summed E-state index contributed by atoms with van der Waals surface area (Å²) < 4.78 is 14.9. The quantitative estimate of drug-likeness (QED) is 0.314. The summed E-state index contributed by atoms with van der Waals surface area (Å²) in [6, 6.07) is 23.4.